The van der Waals surface area contributed by atoms with Crippen LogP contribution in [0.3, 0.4) is 0 Å². The zero-order chi connectivity index (χ0) is 13.7. The van der Waals surface area contributed by atoms with E-state index >= 15 is 0 Å². The van der Waals surface area contributed by atoms with Crippen molar-refractivity contribution >= 4 is 21.9 Å². The number of nitriles is 1. The van der Waals surface area contributed by atoms with Crippen molar-refractivity contribution in [2.24, 2.45) is 0 Å². The van der Waals surface area contributed by atoms with Gasteiger partial charge < -0.3 is 4.74 Å². The van der Waals surface area contributed by atoms with Crippen molar-refractivity contribution in [1.82, 2.24) is 0 Å². The number of hydrogen-bond acceptors (Lipinski definition) is 3. The number of carbonyl (C=O) groups excluding carboxylic acids is 1. The van der Waals surface area contributed by atoms with E-state index in [4.69, 9.17) is 10.00 Å². The third-order valence-corrected chi connectivity index (χ3v) is 3.03. The fourth-order valence-corrected chi connectivity index (χ4v) is 1.81. The van der Waals surface area contributed by atoms with Gasteiger partial charge in [-0.25, -0.2) is 4.79 Å². The van der Waals surface area contributed by atoms with Gasteiger partial charge in [0.25, 0.3) is 0 Å². The molecule has 0 radical (unpaired) electrons. The predicted molar refractivity (Wildman–Crippen MR) is 74.4 cm³/mol. The molecule has 0 saturated heterocycles. The lowest BCUT2D eigenvalue weighted by molar-refractivity contribution is 0.0472. The number of esters is 1. The molecule has 0 aromatic heterocycles. The summed E-state index contributed by atoms with van der Waals surface area (Å²) in [5, 5.41) is 8.78. The van der Waals surface area contributed by atoms with Crippen LogP contribution in [0.15, 0.2) is 53.0 Å². The summed E-state index contributed by atoms with van der Waals surface area (Å²) in [7, 11) is 0. The van der Waals surface area contributed by atoms with Crippen molar-refractivity contribution in [1.29, 1.82) is 5.26 Å². The lowest BCUT2D eigenvalue weighted by Crippen LogP contribution is -2.05. The molecule has 0 heterocycles. The summed E-state index contributed by atoms with van der Waals surface area (Å²) in [6.45, 7) is 0.157. The largest absolute Gasteiger partial charge is 0.457 e. The summed E-state index contributed by atoms with van der Waals surface area (Å²) in [5.41, 5.74) is 1.85. The number of benzene rings is 2. The van der Waals surface area contributed by atoms with Crippen LogP contribution in [-0.4, -0.2) is 5.97 Å². The van der Waals surface area contributed by atoms with E-state index in [1.54, 1.807) is 42.5 Å². The van der Waals surface area contributed by atoms with E-state index in [0.717, 1.165) is 10.0 Å². The van der Waals surface area contributed by atoms with Gasteiger partial charge in [0, 0.05) is 4.47 Å². The number of carbonyl (C=O) groups is 1. The Morgan fingerprint density at radius 1 is 1.21 bits per heavy atom. The molecule has 0 aliphatic carbocycles. The average Bonchev–Trinajstić information content (AvgIpc) is 2.46. The average molecular weight is 316 g/mol. The van der Waals surface area contributed by atoms with Gasteiger partial charge in [0.05, 0.1) is 17.2 Å². The zero-order valence-electron chi connectivity index (χ0n) is 9.97. The van der Waals surface area contributed by atoms with Gasteiger partial charge in [-0.3, -0.25) is 0 Å². The molecule has 0 saturated carbocycles. The quantitative estimate of drug-likeness (QED) is 0.812. The fraction of sp³-hybridized carbons (Fsp3) is 0.0667. The Balaban J connectivity index is 2.00. The van der Waals surface area contributed by atoms with Gasteiger partial charge in [0.1, 0.15) is 6.61 Å². The Labute approximate surface area is 119 Å². The Bertz CT molecular complexity index is 629. The van der Waals surface area contributed by atoms with Crippen molar-refractivity contribution in [2.45, 2.75) is 6.61 Å². The van der Waals surface area contributed by atoms with Gasteiger partial charge in [-0.15, -0.1) is 0 Å². The van der Waals surface area contributed by atoms with Crippen molar-refractivity contribution in [2.75, 3.05) is 0 Å². The molecule has 0 atom stereocenters. The highest BCUT2D eigenvalue weighted by molar-refractivity contribution is 9.10. The highest BCUT2D eigenvalue weighted by Gasteiger charge is 2.07. The van der Waals surface area contributed by atoms with Crippen LogP contribution in [0.2, 0.25) is 0 Å². The summed E-state index contributed by atoms with van der Waals surface area (Å²) in [4.78, 5) is 11.8. The Hall–Kier alpha value is -2.12. The van der Waals surface area contributed by atoms with Crippen LogP contribution in [0.4, 0.5) is 0 Å². The van der Waals surface area contributed by atoms with Gasteiger partial charge in [0.2, 0.25) is 0 Å². The molecule has 0 spiro atoms. The maximum Gasteiger partial charge on any atom is 0.338 e. The van der Waals surface area contributed by atoms with Crippen molar-refractivity contribution < 1.29 is 9.53 Å². The standard InChI is InChI=1S/C15H10BrNO2/c16-14-6-4-13(5-7-14)15(18)19-10-12-3-1-2-11(8-12)9-17/h1-8H,10H2. The van der Waals surface area contributed by atoms with E-state index in [9.17, 15) is 4.79 Å². The Morgan fingerprint density at radius 2 is 1.95 bits per heavy atom. The monoisotopic (exact) mass is 315 g/mol. The molecule has 2 aromatic rings. The molecule has 0 amide bonds. The molecule has 0 aliphatic heterocycles. The molecular formula is C15H10BrNO2. The van der Waals surface area contributed by atoms with E-state index < -0.39 is 0 Å². The van der Waals surface area contributed by atoms with Crippen LogP contribution in [-0.2, 0) is 11.3 Å². The van der Waals surface area contributed by atoms with Gasteiger partial charge in [-0.2, -0.15) is 5.26 Å². The second kappa shape index (κ2) is 6.17. The third kappa shape index (κ3) is 3.67. The van der Waals surface area contributed by atoms with E-state index in [2.05, 4.69) is 15.9 Å². The number of halogens is 1. The number of nitrogens with zero attached hydrogens (tertiary/aromatic N) is 1. The normalized spacial score (nSPS) is 9.68. The third-order valence-electron chi connectivity index (χ3n) is 2.51. The number of hydrogen-bond donors (Lipinski definition) is 0. The lowest BCUT2D eigenvalue weighted by Gasteiger charge is -2.05. The summed E-state index contributed by atoms with van der Waals surface area (Å²) in [6.07, 6.45) is 0. The van der Waals surface area contributed by atoms with Gasteiger partial charge in [-0.1, -0.05) is 28.1 Å². The minimum absolute atomic E-state index is 0.157. The predicted octanol–water partition coefficient (Wildman–Crippen LogP) is 3.68. The molecule has 0 unspecified atom stereocenters. The topological polar surface area (TPSA) is 50.1 Å². The van der Waals surface area contributed by atoms with Crippen molar-refractivity contribution in [3.63, 3.8) is 0 Å². The molecule has 2 aromatic carbocycles. The maximum absolute atomic E-state index is 11.8. The van der Waals surface area contributed by atoms with Crippen LogP contribution < -0.4 is 0 Å². The molecular weight excluding hydrogens is 306 g/mol. The fourth-order valence-electron chi connectivity index (χ4n) is 1.55. The first-order chi connectivity index (χ1) is 9.19. The van der Waals surface area contributed by atoms with E-state index in [1.165, 1.54) is 0 Å². The molecule has 19 heavy (non-hydrogen) atoms. The van der Waals surface area contributed by atoms with Gasteiger partial charge in [0.15, 0.2) is 0 Å². The first-order valence-electron chi connectivity index (χ1n) is 5.61. The van der Waals surface area contributed by atoms with Crippen LogP contribution in [0.1, 0.15) is 21.5 Å². The molecule has 0 bridgehead atoms. The lowest BCUT2D eigenvalue weighted by atomic mass is 10.1. The summed E-state index contributed by atoms with van der Waals surface area (Å²) in [6, 6.07) is 16.0. The Morgan fingerprint density at radius 3 is 2.63 bits per heavy atom. The van der Waals surface area contributed by atoms with Crippen molar-refractivity contribution in [3.05, 3.63) is 69.7 Å². The maximum atomic E-state index is 11.8. The molecule has 94 valence electrons. The highest BCUT2D eigenvalue weighted by Crippen LogP contribution is 2.12. The molecule has 0 fully saturated rings. The number of rotatable bonds is 3. The summed E-state index contributed by atoms with van der Waals surface area (Å²) >= 11 is 3.30. The first-order valence-corrected chi connectivity index (χ1v) is 6.40. The summed E-state index contributed by atoms with van der Waals surface area (Å²) < 4.78 is 6.10. The van der Waals surface area contributed by atoms with Gasteiger partial charge >= 0.3 is 5.97 Å². The molecule has 2 rings (SSSR count). The second-order valence-electron chi connectivity index (χ2n) is 3.90. The van der Waals surface area contributed by atoms with Gasteiger partial charge in [-0.05, 0) is 42.0 Å². The van der Waals surface area contributed by atoms with Crippen LogP contribution >= 0.6 is 15.9 Å². The van der Waals surface area contributed by atoms with Crippen molar-refractivity contribution in [3.8, 4) is 6.07 Å². The van der Waals surface area contributed by atoms with E-state index in [-0.39, 0.29) is 12.6 Å². The van der Waals surface area contributed by atoms with Crippen LogP contribution in [0.5, 0.6) is 0 Å². The van der Waals surface area contributed by atoms with E-state index in [1.807, 2.05) is 12.1 Å². The minimum atomic E-state index is -0.380. The first kappa shape index (κ1) is 13.3. The Kier molecular flexibility index (Phi) is 4.32. The molecule has 4 heteroatoms. The zero-order valence-corrected chi connectivity index (χ0v) is 11.6. The number of ether oxygens (including phenoxy) is 1. The minimum Gasteiger partial charge on any atom is -0.457 e. The second-order valence-corrected chi connectivity index (χ2v) is 4.81. The highest BCUT2D eigenvalue weighted by atomic mass is 79.9. The smallest absolute Gasteiger partial charge is 0.338 e. The molecule has 0 N–H and O–H groups in total. The SMILES string of the molecule is N#Cc1cccc(COC(=O)c2ccc(Br)cc2)c1. The van der Waals surface area contributed by atoms with Crippen LogP contribution in [0, 0.1) is 11.3 Å². The van der Waals surface area contributed by atoms with E-state index in [0.29, 0.717) is 11.1 Å². The molecule has 3 nitrogen and oxygen atoms in total. The molecule has 0 aliphatic rings. The summed E-state index contributed by atoms with van der Waals surface area (Å²) in [5.74, 6) is -0.380. The van der Waals surface area contributed by atoms with Crippen LogP contribution in [0.25, 0.3) is 0 Å².